The average molecular weight is 518 g/mol. The molecule has 0 unspecified atom stereocenters. The number of aryl methyl sites for hydroxylation is 3. The SMILES string of the molecule is Cc1ccc(NC(=O)Nc2cc(-c3c(C)oc(C)c3C(=O)O)ccc2N(CC(C)C)C2CCCCC2)cc1. The Morgan fingerprint density at radius 1 is 0.974 bits per heavy atom. The number of carbonyl (C=O) groups is 2. The number of nitrogens with zero attached hydrogens (tertiary/aromatic N) is 1. The molecule has 4 rings (SSSR count). The van der Waals surface area contributed by atoms with Crippen molar-refractivity contribution < 1.29 is 19.1 Å². The lowest BCUT2D eigenvalue weighted by molar-refractivity contribution is 0.0695. The first-order valence-electron chi connectivity index (χ1n) is 13.5. The summed E-state index contributed by atoms with van der Waals surface area (Å²) in [5.74, 6) is 0.301. The van der Waals surface area contributed by atoms with Crippen LogP contribution in [-0.2, 0) is 0 Å². The summed E-state index contributed by atoms with van der Waals surface area (Å²) in [6.45, 7) is 10.7. The number of aromatic carboxylic acids is 1. The van der Waals surface area contributed by atoms with Crippen molar-refractivity contribution in [2.75, 3.05) is 22.1 Å². The monoisotopic (exact) mass is 517 g/mol. The standard InChI is InChI=1S/C31H39N3O4/c1-19(2)18-34(25-9-7-6-8-10-25)27-16-13-23(28-21(4)38-22(5)29(28)30(35)36)17-26(27)33-31(37)32-24-14-11-20(3)12-15-24/h11-17,19,25H,6-10,18H2,1-5H3,(H,35,36)(H2,32,33,37). The first kappa shape index (κ1) is 27.3. The molecular formula is C31H39N3O4. The molecule has 1 fully saturated rings. The van der Waals surface area contributed by atoms with E-state index in [1.54, 1.807) is 13.8 Å². The molecule has 0 aliphatic heterocycles. The summed E-state index contributed by atoms with van der Waals surface area (Å²) in [6, 6.07) is 13.5. The fourth-order valence-corrected chi connectivity index (χ4v) is 5.48. The molecule has 0 spiro atoms. The minimum Gasteiger partial charge on any atom is -0.478 e. The van der Waals surface area contributed by atoms with Crippen LogP contribution in [0.4, 0.5) is 21.9 Å². The molecule has 1 saturated carbocycles. The molecule has 0 radical (unpaired) electrons. The fraction of sp³-hybridized carbons (Fsp3) is 0.419. The van der Waals surface area contributed by atoms with Crippen molar-refractivity contribution in [1.29, 1.82) is 0 Å². The van der Waals surface area contributed by atoms with E-state index in [2.05, 4.69) is 29.4 Å². The quantitative estimate of drug-likeness (QED) is 0.281. The van der Waals surface area contributed by atoms with Gasteiger partial charge in [-0.2, -0.15) is 0 Å². The fourth-order valence-electron chi connectivity index (χ4n) is 5.48. The molecule has 1 aliphatic rings. The smallest absolute Gasteiger partial charge is 0.339 e. The third-order valence-electron chi connectivity index (χ3n) is 7.20. The summed E-state index contributed by atoms with van der Waals surface area (Å²) in [5.41, 5.74) is 4.79. The Morgan fingerprint density at radius 2 is 1.66 bits per heavy atom. The second-order valence-corrected chi connectivity index (χ2v) is 10.8. The van der Waals surface area contributed by atoms with E-state index in [9.17, 15) is 14.7 Å². The van der Waals surface area contributed by atoms with E-state index in [0.717, 1.165) is 30.6 Å². The number of anilines is 3. The van der Waals surface area contributed by atoms with Crippen molar-refractivity contribution in [3.63, 3.8) is 0 Å². The number of amides is 2. The minimum absolute atomic E-state index is 0.150. The Balaban J connectivity index is 1.77. The number of benzene rings is 2. The van der Waals surface area contributed by atoms with E-state index in [1.165, 1.54) is 19.3 Å². The molecule has 7 nitrogen and oxygen atoms in total. The van der Waals surface area contributed by atoms with Gasteiger partial charge in [-0.25, -0.2) is 9.59 Å². The first-order valence-corrected chi connectivity index (χ1v) is 13.5. The van der Waals surface area contributed by atoms with Crippen molar-refractivity contribution in [2.45, 2.75) is 72.8 Å². The van der Waals surface area contributed by atoms with Crippen LogP contribution >= 0.6 is 0 Å². The highest BCUT2D eigenvalue weighted by atomic mass is 16.4. The van der Waals surface area contributed by atoms with Crippen LogP contribution in [0.3, 0.4) is 0 Å². The lowest BCUT2D eigenvalue weighted by Crippen LogP contribution is -2.40. The van der Waals surface area contributed by atoms with Gasteiger partial charge in [-0.05, 0) is 69.4 Å². The molecule has 3 aromatic rings. The van der Waals surface area contributed by atoms with Crippen molar-refractivity contribution in [3.05, 3.63) is 65.1 Å². The normalized spacial score (nSPS) is 13.9. The highest BCUT2D eigenvalue weighted by Gasteiger charge is 2.27. The van der Waals surface area contributed by atoms with E-state index in [-0.39, 0.29) is 11.6 Å². The van der Waals surface area contributed by atoms with Gasteiger partial charge < -0.3 is 25.1 Å². The molecule has 7 heteroatoms. The topological polar surface area (TPSA) is 94.8 Å². The second kappa shape index (κ2) is 11.8. The lowest BCUT2D eigenvalue weighted by Gasteiger charge is -2.38. The van der Waals surface area contributed by atoms with Crippen molar-refractivity contribution >= 4 is 29.1 Å². The Morgan fingerprint density at radius 3 is 2.29 bits per heavy atom. The predicted molar refractivity (Wildman–Crippen MR) is 153 cm³/mol. The first-order chi connectivity index (χ1) is 18.1. The van der Waals surface area contributed by atoms with Crippen LogP contribution in [0.5, 0.6) is 0 Å². The maximum absolute atomic E-state index is 13.2. The maximum Gasteiger partial charge on any atom is 0.339 e. The Labute approximate surface area is 225 Å². The summed E-state index contributed by atoms with van der Waals surface area (Å²) in [6.07, 6.45) is 5.89. The Bertz CT molecular complexity index is 1290. The molecule has 2 aromatic carbocycles. The lowest BCUT2D eigenvalue weighted by atomic mass is 9.92. The number of urea groups is 1. The zero-order valence-electron chi connectivity index (χ0n) is 23.1. The summed E-state index contributed by atoms with van der Waals surface area (Å²) >= 11 is 0. The summed E-state index contributed by atoms with van der Waals surface area (Å²) in [4.78, 5) is 27.7. The molecule has 1 heterocycles. The highest BCUT2D eigenvalue weighted by Crippen LogP contribution is 2.39. The molecule has 1 aromatic heterocycles. The van der Waals surface area contributed by atoms with E-state index in [4.69, 9.17) is 4.42 Å². The van der Waals surface area contributed by atoms with Crippen molar-refractivity contribution in [1.82, 2.24) is 0 Å². The van der Waals surface area contributed by atoms with Crippen LogP contribution in [0.15, 0.2) is 46.9 Å². The third kappa shape index (κ3) is 6.21. The molecule has 202 valence electrons. The zero-order valence-corrected chi connectivity index (χ0v) is 23.1. The van der Waals surface area contributed by atoms with Crippen LogP contribution in [0.2, 0.25) is 0 Å². The number of carbonyl (C=O) groups excluding carboxylic acids is 1. The van der Waals surface area contributed by atoms with E-state index in [0.29, 0.717) is 46.0 Å². The molecule has 0 saturated heterocycles. The number of hydrogen-bond donors (Lipinski definition) is 3. The summed E-state index contributed by atoms with van der Waals surface area (Å²) < 4.78 is 5.71. The van der Waals surface area contributed by atoms with Crippen LogP contribution in [0.25, 0.3) is 11.1 Å². The van der Waals surface area contributed by atoms with Gasteiger partial charge in [-0.15, -0.1) is 0 Å². The highest BCUT2D eigenvalue weighted by molar-refractivity contribution is 6.03. The maximum atomic E-state index is 13.2. The molecular weight excluding hydrogens is 478 g/mol. The third-order valence-corrected chi connectivity index (χ3v) is 7.20. The van der Waals surface area contributed by atoms with Crippen molar-refractivity contribution in [3.8, 4) is 11.1 Å². The number of hydrogen-bond acceptors (Lipinski definition) is 4. The van der Waals surface area contributed by atoms with Crippen LogP contribution in [0.1, 0.15) is 73.4 Å². The molecule has 2 amide bonds. The van der Waals surface area contributed by atoms with Crippen LogP contribution < -0.4 is 15.5 Å². The Hall–Kier alpha value is -3.74. The van der Waals surface area contributed by atoms with Gasteiger partial charge in [0.25, 0.3) is 0 Å². The molecule has 1 aliphatic carbocycles. The largest absolute Gasteiger partial charge is 0.478 e. The van der Waals surface area contributed by atoms with Gasteiger partial charge in [0.15, 0.2) is 0 Å². The van der Waals surface area contributed by atoms with Gasteiger partial charge in [0.1, 0.15) is 17.1 Å². The summed E-state index contributed by atoms with van der Waals surface area (Å²) in [7, 11) is 0. The van der Waals surface area contributed by atoms with Gasteiger partial charge in [0, 0.05) is 23.8 Å². The van der Waals surface area contributed by atoms with Crippen LogP contribution in [-0.4, -0.2) is 29.7 Å². The summed E-state index contributed by atoms with van der Waals surface area (Å²) in [5, 5.41) is 15.9. The second-order valence-electron chi connectivity index (χ2n) is 10.8. The van der Waals surface area contributed by atoms with Crippen molar-refractivity contribution in [2.24, 2.45) is 5.92 Å². The number of carboxylic acid groups (broad SMARTS) is 1. The number of carboxylic acids is 1. The number of furan rings is 1. The van der Waals surface area contributed by atoms with Gasteiger partial charge in [0.2, 0.25) is 0 Å². The molecule has 0 bridgehead atoms. The number of nitrogens with one attached hydrogen (secondary N) is 2. The average Bonchev–Trinajstić information content (AvgIpc) is 3.18. The van der Waals surface area contributed by atoms with E-state index < -0.39 is 5.97 Å². The zero-order chi connectivity index (χ0) is 27.4. The molecule has 0 atom stereocenters. The molecule has 3 N–H and O–H groups in total. The Kier molecular flexibility index (Phi) is 8.45. The van der Waals surface area contributed by atoms with Gasteiger partial charge in [-0.3, -0.25) is 0 Å². The molecule has 38 heavy (non-hydrogen) atoms. The van der Waals surface area contributed by atoms with E-state index in [1.807, 2.05) is 49.4 Å². The van der Waals surface area contributed by atoms with E-state index >= 15 is 0 Å². The number of rotatable bonds is 8. The minimum atomic E-state index is -1.03. The predicted octanol–water partition coefficient (Wildman–Crippen LogP) is 8.01. The van der Waals surface area contributed by atoms with Gasteiger partial charge in [-0.1, -0.05) is 56.9 Å². The van der Waals surface area contributed by atoms with Crippen LogP contribution in [0, 0.1) is 26.7 Å². The van der Waals surface area contributed by atoms with Gasteiger partial charge in [0.05, 0.1) is 11.4 Å². The van der Waals surface area contributed by atoms with Gasteiger partial charge >= 0.3 is 12.0 Å².